The van der Waals surface area contributed by atoms with Crippen molar-refractivity contribution in [2.24, 2.45) is 5.92 Å². The zero-order chi connectivity index (χ0) is 28.2. The number of hydrogen-bond donors (Lipinski definition) is 0. The predicted molar refractivity (Wildman–Crippen MR) is 156 cm³/mol. The molecule has 8 heteroatoms. The molecule has 0 aliphatic carbocycles. The van der Waals surface area contributed by atoms with Gasteiger partial charge in [-0.15, -0.1) is 0 Å². The van der Waals surface area contributed by atoms with Gasteiger partial charge >= 0.3 is 6.09 Å². The van der Waals surface area contributed by atoms with Gasteiger partial charge in [-0.2, -0.15) is 0 Å². The fourth-order valence-corrected chi connectivity index (χ4v) is 6.80. The van der Waals surface area contributed by atoms with Crippen LogP contribution < -0.4 is 4.74 Å². The van der Waals surface area contributed by atoms with Crippen molar-refractivity contribution in [1.82, 2.24) is 9.88 Å². The number of nitrogens with zero attached hydrogens (tertiary/aromatic N) is 2. The molecule has 1 atom stereocenters. The summed E-state index contributed by atoms with van der Waals surface area (Å²) in [7, 11) is -3.31. The Kier molecular flexibility index (Phi) is 8.45. The van der Waals surface area contributed by atoms with E-state index in [0.29, 0.717) is 31.3 Å². The molecule has 212 valence electrons. The minimum Gasteiger partial charge on any atom is -0.487 e. The predicted octanol–water partition coefficient (Wildman–Crippen LogP) is 6.21. The van der Waals surface area contributed by atoms with Crippen molar-refractivity contribution in [2.45, 2.75) is 63.1 Å². The molecule has 2 aliphatic rings. The molecule has 2 aliphatic heterocycles. The summed E-state index contributed by atoms with van der Waals surface area (Å²) in [6.07, 6.45) is 5.84. The quantitative estimate of drug-likeness (QED) is 0.325. The lowest BCUT2D eigenvalue weighted by Crippen LogP contribution is -2.51. The van der Waals surface area contributed by atoms with Gasteiger partial charge in [0.15, 0.2) is 9.84 Å². The summed E-state index contributed by atoms with van der Waals surface area (Å²) < 4.78 is 37.4. The molecule has 0 saturated carbocycles. The van der Waals surface area contributed by atoms with E-state index < -0.39 is 9.84 Å². The molecule has 1 aromatic heterocycles. The SMILES string of the molecule is CCC(C)COC(=O)N1CCC2(CCc3cc(-c4ccc(CS(=O)(=O)Cc5ccccn5)cc4)ccc3O2)CC1. The zero-order valence-corrected chi connectivity index (χ0v) is 24.2. The van der Waals surface area contributed by atoms with E-state index in [1.165, 1.54) is 5.56 Å². The number of benzene rings is 2. The molecule has 0 radical (unpaired) electrons. The van der Waals surface area contributed by atoms with Gasteiger partial charge in [-0.3, -0.25) is 4.98 Å². The normalized spacial score (nSPS) is 17.1. The van der Waals surface area contributed by atoms with Gasteiger partial charge in [0.25, 0.3) is 0 Å². The Bertz CT molecular complexity index is 1420. The number of fused-ring (bicyclic) bond motifs is 1. The number of aromatic nitrogens is 1. The standard InChI is InChI=1S/C32H38N2O5S/c1-3-24(2)21-38-31(35)34-18-15-32(16-19-34)14-13-28-20-27(11-12-30(28)39-32)26-9-7-25(8-10-26)22-40(36,37)23-29-6-4-5-17-33-29/h4-12,17,20,24H,3,13-16,18-19,21-23H2,1-2H3. The number of likely N-dealkylation sites (tertiary alicyclic amines) is 1. The first-order valence-electron chi connectivity index (χ1n) is 14.2. The molecule has 5 rings (SSSR count). The largest absolute Gasteiger partial charge is 0.487 e. The molecule has 0 N–H and O–H groups in total. The van der Waals surface area contributed by atoms with Crippen LogP contribution in [0, 0.1) is 5.92 Å². The number of amides is 1. The van der Waals surface area contributed by atoms with Crippen molar-refractivity contribution in [1.29, 1.82) is 0 Å². The number of carbonyl (C=O) groups excluding carboxylic acids is 1. The van der Waals surface area contributed by atoms with Gasteiger partial charge in [0, 0.05) is 32.1 Å². The van der Waals surface area contributed by atoms with Crippen LogP contribution in [0.15, 0.2) is 66.9 Å². The topological polar surface area (TPSA) is 85.8 Å². The van der Waals surface area contributed by atoms with Gasteiger partial charge in [0.05, 0.1) is 23.8 Å². The molecule has 0 bridgehead atoms. The van der Waals surface area contributed by atoms with E-state index in [-0.39, 0.29) is 23.2 Å². The number of hydrogen-bond acceptors (Lipinski definition) is 6. The average molecular weight is 563 g/mol. The van der Waals surface area contributed by atoms with Crippen molar-refractivity contribution in [2.75, 3.05) is 19.7 Å². The van der Waals surface area contributed by atoms with Crippen molar-refractivity contribution < 1.29 is 22.7 Å². The monoisotopic (exact) mass is 562 g/mol. The smallest absolute Gasteiger partial charge is 0.409 e. The first-order chi connectivity index (χ1) is 19.2. The lowest BCUT2D eigenvalue weighted by atomic mass is 9.82. The Hall–Kier alpha value is -3.39. The molecule has 40 heavy (non-hydrogen) atoms. The molecule has 7 nitrogen and oxygen atoms in total. The van der Waals surface area contributed by atoms with E-state index in [1.807, 2.05) is 35.2 Å². The molecule has 3 aromatic rings. The number of rotatable bonds is 8. The van der Waals surface area contributed by atoms with E-state index in [2.05, 4.69) is 31.0 Å². The fourth-order valence-electron chi connectivity index (χ4n) is 5.38. The van der Waals surface area contributed by atoms with E-state index in [9.17, 15) is 13.2 Å². The van der Waals surface area contributed by atoms with Crippen LogP contribution in [0.4, 0.5) is 4.79 Å². The van der Waals surface area contributed by atoms with Crippen molar-refractivity contribution in [3.05, 3.63) is 83.7 Å². The molecule has 3 heterocycles. The third-order valence-electron chi connectivity index (χ3n) is 8.13. The van der Waals surface area contributed by atoms with Crippen molar-refractivity contribution in [3.63, 3.8) is 0 Å². The maximum absolute atomic E-state index is 12.6. The number of aryl methyl sites for hydroxylation is 1. The molecule has 1 amide bonds. The highest BCUT2D eigenvalue weighted by Crippen LogP contribution is 2.41. The second-order valence-electron chi connectivity index (χ2n) is 11.2. The highest BCUT2D eigenvalue weighted by atomic mass is 32.2. The first kappa shape index (κ1) is 28.1. The van der Waals surface area contributed by atoms with Crippen LogP contribution in [0.3, 0.4) is 0 Å². The van der Waals surface area contributed by atoms with Crippen molar-refractivity contribution in [3.8, 4) is 16.9 Å². The molecular formula is C32H38N2O5S. The molecule has 1 saturated heterocycles. The Morgan fingerprint density at radius 3 is 2.48 bits per heavy atom. The third-order valence-corrected chi connectivity index (χ3v) is 9.63. The summed E-state index contributed by atoms with van der Waals surface area (Å²) in [5, 5.41) is 0. The molecule has 1 fully saturated rings. The third kappa shape index (κ3) is 6.84. The van der Waals surface area contributed by atoms with Crippen LogP contribution in [-0.2, 0) is 32.5 Å². The second kappa shape index (κ2) is 12.0. The number of sulfone groups is 1. The maximum Gasteiger partial charge on any atom is 0.409 e. The average Bonchev–Trinajstić information content (AvgIpc) is 2.96. The summed E-state index contributed by atoms with van der Waals surface area (Å²) >= 11 is 0. The van der Waals surface area contributed by atoms with Crippen LogP contribution in [-0.4, -0.2) is 49.7 Å². The maximum atomic E-state index is 12.6. The number of carbonyl (C=O) groups is 1. The lowest BCUT2D eigenvalue weighted by molar-refractivity contribution is -0.0154. The van der Waals surface area contributed by atoms with Crippen molar-refractivity contribution >= 4 is 15.9 Å². The molecule has 1 unspecified atom stereocenters. The minimum atomic E-state index is -3.31. The summed E-state index contributed by atoms with van der Waals surface area (Å²) in [6, 6.07) is 19.3. The van der Waals surface area contributed by atoms with Gasteiger partial charge in [-0.05, 0) is 65.3 Å². The molecule has 1 spiro atoms. The Morgan fingerprint density at radius 2 is 1.77 bits per heavy atom. The van der Waals surface area contributed by atoms with Crippen LogP contribution in [0.25, 0.3) is 11.1 Å². The summed E-state index contributed by atoms with van der Waals surface area (Å²) in [5.41, 5.74) is 4.39. The Labute approximate surface area is 237 Å². The number of pyridine rings is 1. The highest BCUT2D eigenvalue weighted by Gasteiger charge is 2.40. The van der Waals surface area contributed by atoms with Gasteiger partial charge in [-0.1, -0.05) is 56.7 Å². The van der Waals surface area contributed by atoms with E-state index in [4.69, 9.17) is 9.47 Å². The van der Waals surface area contributed by atoms with Gasteiger partial charge in [0.1, 0.15) is 11.4 Å². The van der Waals surface area contributed by atoms with Crippen LogP contribution in [0.2, 0.25) is 0 Å². The van der Waals surface area contributed by atoms with Crippen LogP contribution in [0.5, 0.6) is 5.75 Å². The summed E-state index contributed by atoms with van der Waals surface area (Å²) in [6.45, 7) is 5.96. The fraction of sp³-hybridized carbons (Fsp3) is 0.438. The molecule has 2 aromatic carbocycles. The minimum absolute atomic E-state index is 0.0169. The summed E-state index contributed by atoms with van der Waals surface area (Å²) in [4.78, 5) is 18.4. The Balaban J connectivity index is 1.18. The van der Waals surface area contributed by atoms with Gasteiger partial charge < -0.3 is 14.4 Å². The lowest BCUT2D eigenvalue weighted by Gasteiger charge is -2.44. The van der Waals surface area contributed by atoms with Crippen LogP contribution in [0.1, 0.15) is 56.4 Å². The van der Waals surface area contributed by atoms with E-state index >= 15 is 0 Å². The Morgan fingerprint density at radius 1 is 1.02 bits per heavy atom. The number of piperidine rings is 1. The van der Waals surface area contributed by atoms with E-state index in [0.717, 1.165) is 54.5 Å². The van der Waals surface area contributed by atoms with Crippen LogP contribution >= 0.6 is 0 Å². The van der Waals surface area contributed by atoms with Gasteiger partial charge in [0.2, 0.25) is 0 Å². The summed E-state index contributed by atoms with van der Waals surface area (Å²) in [5.74, 6) is 1.21. The van der Waals surface area contributed by atoms with Gasteiger partial charge in [-0.25, -0.2) is 13.2 Å². The highest BCUT2D eigenvalue weighted by molar-refractivity contribution is 7.89. The zero-order valence-electron chi connectivity index (χ0n) is 23.3. The first-order valence-corrected chi connectivity index (χ1v) is 16.0. The number of ether oxygens (including phenoxy) is 2. The molecular weight excluding hydrogens is 524 g/mol. The second-order valence-corrected chi connectivity index (χ2v) is 13.3. The van der Waals surface area contributed by atoms with E-state index in [1.54, 1.807) is 24.4 Å².